The van der Waals surface area contributed by atoms with Crippen LogP contribution in [0, 0.1) is 6.92 Å². The molecule has 0 unspecified atom stereocenters. The Bertz CT molecular complexity index is 1300. The van der Waals surface area contributed by atoms with Gasteiger partial charge in [0.15, 0.2) is 11.5 Å². The number of amides is 2. The summed E-state index contributed by atoms with van der Waals surface area (Å²) in [5.74, 6) is -0.927. The van der Waals surface area contributed by atoms with E-state index < -0.39 is 11.8 Å². The molecular weight excluding hydrogens is 593 g/mol. The zero-order valence-corrected chi connectivity index (χ0v) is 23.1. The number of nitrogens with zero attached hydrogens (tertiary/aromatic N) is 1. The summed E-state index contributed by atoms with van der Waals surface area (Å²) in [6, 6.07) is 13.6. The van der Waals surface area contributed by atoms with Crippen molar-refractivity contribution in [3.8, 4) is 11.5 Å². The Labute approximate surface area is 231 Å². The van der Waals surface area contributed by atoms with Gasteiger partial charge in [0.1, 0.15) is 6.61 Å². The van der Waals surface area contributed by atoms with Crippen LogP contribution < -0.4 is 20.2 Å². The van der Waals surface area contributed by atoms with E-state index in [1.54, 1.807) is 55.5 Å². The molecule has 2 amide bonds. The van der Waals surface area contributed by atoms with Crippen molar-refractivity contribution in [2.45, 2.75) is 20.5 Å². The summed E-state index contributed by atoms with van der Waals surface area (Å²) >= 11 is 22.0. The number of hydrazone groups is 1. The highest BCUT2D eigenvalue weighted by Gasteiger charge is 2.16. The quantitative estimate of drug-likeness (QED) is 0.167. The highest BCUT2D eigenvalue weighted by Crippen LogP contribution is 2.38. The molecule has 2 N–H and O–H groups in total. The first-order valence-electron chi connectivity index (χ1n) is 10.6. The van der Waals surface area contributed by atoms with Crippen LogP contribution in [0.3, 0.4) is 0 Å². The monoisotopic (exact) mass is 611 g/mol. The minimum atomic E-state index is -0.939. The first-order chi connectivity index (χ1) is 17.2. The third-order valence-electron chi connectivity index (χ3n) is 4.86. The number of nitrogens with one attached hydrogen (secondary N) is 2. The standard InChI is InChI=1S/C25H21BrCl3N3O4/c1-3-35-22-11-15(10-17(26)23(22)36-13-16-19(28)7-4-8-20(16)29)12-30-32-25(34)24(33)31-21-9-5-6-18(27)14(21)2/h4-12H,3,13H2,1-2H3,(H,31,33)(H,32,34). The average molecular weight is 614 g/mol. The van der Waals surface area contributed by atoms with Gasteiger partial charge in [-0.15, -0.1) is 0 Å². The number of hydrogen-bond donors (Lipinski definition) is 2. The van der Waals surface area contributed by atoms with Gasteiger partial charge in [-0.25, -0.2) is 5.43 Å². The number of anilines is 1. The Hall–Kier alpha value is -2.78. The van der Waals surface area contributed by atoms with Crippen molar-refractivity contribution >= 4 is 74.4 Å². The van der Waals surface area contributed by atoms with E-state index >= 15 is 0 Å². The lowest BCUT2D eigenvalue weighted by Gasteiger charge is -2.15. The summed E-state index contributed by atoms with van der Waals surface area (Å²) in [7, 11) is 0. The van der Waals surface area contributed by atoms with E-state index in [0.29, 0.717) is 60.0 Å². The summed E-state index contributed by atoms with van der Waals surface area (Å²) < 4.78 is 12.3. The zero-order chi connectivity index (χ0) is 26.2. The average Bonchev–Trinajstić information content (AvgIpc) is 2.83. The van der Waals surface area contributed by atoms with E-state index in [1.165, 1.54) is 6.21 Å². The van der Waals surface area contributed by atoms with Crippen LogP contribution in [0.5, 0.6) is 11.5 Å². The molecule has 0 aliphatic heterocycles. The summed E-state index contributed by atoms with van der Waals surface area (Å²) in [4.78, 5) is 24.3. The molecule has 0 aliphatic carbocycles. The molecule has 0 spiro atoms. The Morgan fingerprint density at radius 1 is 1.00 bits per heavy atom. The second-order valence-electron chi connectivity index (χ2n) is 7.32. The number of benzene rings is 3. The molecule has 0 saturated heterocycles. The second kappa shape index (κ2) is 13.0. The number of rotatable bonds is 8. The molecule has 0 atom stereocenters. The van der Waals surface area contributed by atoms with Crippen LogP contribution in [0.2, 0.25) is 15.1 Å². The van der Waals surface area contributed by atoms with Gasteiger partial charge < -0.3 is 14.8 Å². The third-order valence-corrected chi connectivity index (χ3v) is 6.56. The highest BCUT2D eigenvalue weighted by atomic mass is 79.9. The van der Waals surface area contributed by atoms with Crippen LogP contribution >= 0.6 is 50.7 Å². The normalized spacial score (nSPS) is 10.8. The molecule has 3 rings (SSSR count). The van der Waals surface area contributed by atoms with Gasteiger partial charge in [-0.3, -0.25) is 9.59 Å². The van der Waals surface area contributed by atoms with Gasteiger partial charge in [-0.05, 0) is 77.3 Å². The summed E-state index contributed by atoms with van der Waals surface area (Å²) in [5, 5.41) is 7.83. The van der Waals surface area contributed by atoms with Crippen LogP contribution in [0.1, 0.15) is 23.6 Å². The first-order valence-corrected chi connectivity index (χ1v) is 12.6. The lowest BCUT2D eigenvalue weighted by atomic mass is 10.2. The minimum absolute atomic E-state index is 0.127. The van der Waals surface area contributed by atoms with E-state index in [9.17, 15) is 9.59 Å². The van der Waals surface area contributed by atoms with Crippen LogP contribution in [-0.2, 0) is 16.2 Å². The topological polar surface area (TPSA) is 89.0 Å². The molecule has 3 aromatic rings. The van der Waals surface area contributed by atoms with E-state index in [0.717, 1.165) is 0 Å². The van der Waals surface area contributed by atoms with Crippen molar-refractivity contribution in [3.05, 3.63) is 84.8 Å². The van der Waals surface area contributed by atoms with Crippen molar-refractivity contribution in [1.29, 1.82) is 0 Å². The molecule has 188 valence electrons. The molecule has 36 heavy (non-hydrogen) atoms. The number of hydrogen-bond acceptors (Lipinski definition) is 5. The molecule has 0 radical (unpaired) electrons. The number of carbonyl (C=O) groups is 2. The molecule has 11 heteroatoms. The van der Waals surface area contributed by atoms with Crippen molar-refractivity contribution in [3.63, 3.8) is 0 Å². The Morgan fingerprint density at radius 2 is 1.67 bits per heavy atom. The van der Waals surface area contributed by atoms with Crippen molar-refractivity contribution < 1.29 is 19.1 Å². The Kier molecular flexibility index (Phi) is 10.0. The smallest absolute Gasteiger partial charge is 0.329 e. The van der Waals surface area contributed by atoms with Crippen LogP contribution in [-0.4, -0.2) is 24.6 Å². The minimum Gasteiger partial charge on any atom is -0.490 e. The number of halogens is 4. The fourth-order valence-corrected chi connectivity index (χ4v) is 4.27. The predicted molar refractivity (Wildman–Crippen MR) is 147 cm³/mol. The van der Waals surface area contributed by atoms with Gasteiger partial charge in [-0.1, -0.05) is 46.9 Å². The highest BCUT2D eigenvalue weighted by molar-refractivity contribution is 9.10. The fourth-order valence-electron chi connectivity index (χ4n) is 3.02. The van der Waals surface area contributed by atoms with Gasteiger partial charge in [0.2, 0.25) is 0 Å². The van der Waals surface area contributed by atoms with Gasteiger partial charge in [-0.2, -0.15) is 5.10 Å². The van der Waals surface area contributed by atoms with E-state index in [2.05, 4.69) is 31.8 Å². The molecule has 7 nitrogen and oxygen atoms in total. The summed E-state index contributed by atoms with van der Waals surface area (Å²) in [6.45, 7) is 4.08. The maximum absolute atomic E-state index is 12.2. The van der Waals surface area contributed by atoms with E-state index in [-0.39, 0.29) is 6.61 Å². The Balaban J connectivity index is 1.69. The van der Waals surface area contributed by atoms with Crippen molar-refractivity contribution in [2.75, 3.05) is 11.9 Å². The predicted octanol–water partition coefficient (Wildman–Crippen LogP) is 6.78. The molecule has 0 aromatic heterocycles. The molecule has 0 heterocycles. The lowest BCUT2D eigenvalue weighted by Crippen LogP contribution is -2.32. The van der Waals surface area contributed by atoms with Crippen molar-refractivity contribution in [2.24, 2.45) is 5.10 Å². The first kappa shape index (κ1) is 27.8. The van der Waals surface area contributed by atoms with Gasteiger partial charge in [0.25, 0.3) is 0 Å². The molecular formula is C25H21BrCl3N3O4. The van der Waals surface area contributed by atoms with Gasteiger partial charge >= 0.3 is 11.8 Å². The Morgan fingerprint density at radius 3 is 2.36 bits per heavy atom. The molecule has 0 aliphatic rings. The van der Waals surface area contributed by atoms with Crippen LogP contribution in [0.25, 0.3) is 0 Å². The van der Waals surface area contributed by atoms with Crippen LogP contribution in [0.15, 0.2) is 58.1 Å². The fraction of sp³-hybridized carbons (Fsp3) is 0.160. The summed E-state index contributed by atoms with van der Waals surface area (Å²) in [5.41, 5.74) is 4.51. The van der Waals surface area contributed by atoms with Crippen LogP contribution in [0.4, 0.5) is 5.69 Å². The van der Waals surface area contributed by atoms with E-state index in [1.807, 2.05) is 6.92 Å². The molecule has 0 saturated carbocycles. The van der Waals surface area contributed by atoms with E-state index in [4.69, 9.17) is 44.3 Å². The summed E-state index contributed by atoms with van der Waals surface area (Å²) in [6.07, 6.45) is 1.37. The van der Waals surface area contributed by atoms with Gasteiger partial charge in [0, 0.05) is 26.3 Å². The molecule has 3 aromatic carbocycles. The third kappa shape index (κ3) is 7.13. The molecule has 0 bridgehead atoms. The maximum atomic E-state index is 12.2. The molecule has 0 fully saturated rings. The largest absolute Gasteiger partial charge is 0.490 e. The van der Waals surface area contributed by atoms with Crippen molar-refractivity contribution in [1.82, 2.24) is 5.43 Å². The lowest BCUT2D eigenvalue weighted by molar-refractivity contribution is -0.136. The number of ether oxygens (including phenoxy) is 2. The van der Waals surface area contributed by atoms with Gasteiger partial charge in [0.05, 0.1) is 17.3 Å². The SMILES string of the molecule is CCOc1cc(C=NNC(=O)C(=O)Nc2cccc(Cl)c2C)cc(Br)c1OCc1c(Cl)cccc1Cl. The zero-order valence-electron chi connectivity index (χ0n) is 19.2. The maximum Gasteiger partial charge on any atom is 0.329 e. The number of carbonyl (C=O) groups excluding carboxylic acids is 2. The second-order valence-corrected chi connectivity index (χ2v) is 9.39.